The number of aromatic amines is 1. The van der Waals surface area contributed by atoms with E-state index in [2.05, 4.69) is 32.7 Å². The molecule has 212 valence electrons. The second kappa shape index (κ2) is 12.9. The number of carbonyl (C=O) groups excluding carboxylic acids is 2. The van der Waals surface area contributed by atoms with Crippen molar-refractivity contribution in [3.8, 4) is 11.3 Å². The molecule has 0 unspecified atom stereocenters. The minimum absolute atomic E-state index is 0.117. The number of hydrogen-bond acceptors (Lipinski definition) is 6. The zero-order valence-electron chi connectivity index (χ0n) is 24.0. The number of benzene rings is 2. The summed E-state index contributed by atoms with van der Waals surface area (Å²) in [6, 6.07) is 15.7. The maximum Gasteiger partial charge on any atom is 0.248 e. The van der Waals surface area contributed by atoms with E-state index < -0.39 is 0 Å². The Bertz CT molecular complexity index is 1550. The van der Waals surface area contributed by atoms with E-state index in [-0.39, 0.29) is 17.7 Å². The summed E-state index contributed by atoms with van der Waals surface area (Å²) in [7, 11) is 3.89. The van der Waals surface area contributed by atoms with Crippen molar-refractivity contribution in [1.82, 2.24) is 19.9 Å². The van der Waals surface area contributed by atoms with Crippen molar-refractivity contribution in [2.24, 2.45) is 5.92 Å². The fourth-order valence-electron chi connectivity index (χ4n) is 5.45. The van der Waals surface area contributed by atoms with Crippen LogP contribution in [-0.2, 0) is 4.79 Å². The molecular formula is C33H38N6O2. The smallest absolute Gasteiger partial charge is 0.248 e. The van der Waals surface area contributed by atoms with Gasteiger partial charge in [-0.05, 0) is 76.4 Å². The fourth-order valence-corrected chi connectivity index (χ4v) is 5.45. The van der Waals surface area contributed by atoms with E-state index in [0.717, 1.165) is 53.4 Å². The topological polar surface area (TPSA) is 103 Å². The monoisotopic (exact) mass is 550 g/mol. The highest BCUT2D eigenvalue weighted by Crippen LogP contribution is 2.32. The molecule has 1 aliphatic rings. The number of aryl methyl sites for hydroxylation is 1. The third-order valence-corrected chi connectivity index (χ3v) is 7.66. The van der Waals surface area contributed by atoms with Crippen LogP contribution < -0.4 is 10.6 Å². The Morgan fingerprint density at radius 3 is 2.68 bits per heavy atom. The van der Waals surface area contributed by atoms with Gasteiger partial charge in [-0.25, -0.2) is 9.97 Å². The molecule has 1 amide bonds. The number of nitrogens with one attached hydrogen (secondary N) is 3. The van der Waals surface area contributed by atoms with Gasteiger partial charge in [-0.2, -0.15) is 0 Å². The van der Waals surface area contributed by atoms with E-state index >= 15 is 0 Å². The van der Waals surface area contributed by atoms with Gasteiger partial charge in [0, 0.05) is 65.2 Å². The van der Waals surface area contributed by atoms with Gasteiger partial charge in [0.05, 0.1) is 5.69 Å². The quantitative estimate of drug-likeness (QED) is 0.160. The summed E-state index contributed by atoms with van der Waals surface area (Å²) in [6.07, 6.45) is 11.6. The van der Waals surface area contributed by atoms with Crippen LogP contribution >= 0.6 is 0 Å². The zero-order chi connectivity index (χ0) is 28.8. The summed E-state index contributed by atoms with van der Waals surface area (Å²) in [5.41, 5.74) is 5.41. The van der Waals surface area contributed by atoms with Gasteiger partial charge < -0.3 is 20.5 Å². The van der Waals surface area contributed by atoms with Crippen LogP contribution in [0.25, 0.3) is 22.2 Å². The van der Waals surface area contributed by atoms with Crippen LogP contribution in [0.4, 0.5) is 11.6 Å². The van der Waals surface area contributed by atoms with Crippen molar-refractivity contribution in [1.29, 1.82) is 0 Å². The van der Waals surface area contributed by atoms with Gasteiger partial charge in [-0.3, -0.25) is 9.59 Å². The molecule has 2 heterocycles. The molecule has 0 atom stereocenters. The first-order chi connectivity index (χ1) is 19.9. The highest BCUT2D eigenvalue weighted by molar-refractivity contribution is 6.01. The van der Waals surface area contributed by atoms with E-state index in [0.29, 0.717) is 36.1 Å². The average molecular weight is 551 g/mol. The van der Waals surface area contributed by atoms with Gasteiger partial charge in [0.15, 0.2) is 5.78 Å². The molecule has 1 fully saturated rings. The predicted molar refractivity (Wildman–Crippen MR) is 165 cm³/mol. The summed E-state index contributed by atoms with van der Waals surface area (Å²) < 4.78 is 0. The number of Topliss-reactive ketones (excluding diaryl/α,β-unsaturated/α-hetero) is 1. The molecule has 8 nitrogen and oxygen atoms in total. The molecule has 0 radical (unpaired) electrons. The first-order valence-corrected chi connectivity index (χ1v) is 14.3. The Kier molecular flexibility index (Phi) is 8.89. The molecule has 41 heavy (non-hydrogen) atoms. The highest BCUT2D eigenvalue weighted by atomic mass is 16.1. The molecule has 8 heteroatoms. The number of rotatable bonds is 10. The molecule has 2 aromatic heterocycles. The van der Waals surface area contributed by atoms with E-state index in [1.807, 2.05) is 74.7 Å². The number of amides is 1. The Balaban J connectivity index is 1.14. The molecule has 4 aromatic rings. The Morgan fingerprint density at radius 1 is 1.07 bits per heavy atom. The number of anilines is 2. The van der Waals surface area contributed by atoms with Crippen LogP contribution in [0, 0.1) is 12.8 Å². The molecule has 0 aliphatic heterocycles. The first kappa shape index (κ1) is 28.2. The van der Waals surface area contributed by atoms with Crippen LogP contribution in [0.3, 0.4) is 0 Å². The number of nitrogens with zero attached hydrogens (tertiary/aromatic N) is 3. The number of fused-ring (bicyclic) bond motifs is 1. The summed E-state index contributed by atoms with van der Waals surface area (Å²) in [6.45, 7) is 2.73. The maximum atomic E-state index is 13.1. The number of para-hydroxylation sites is 1. The standard InChI is InChI=1S/C33H38N6O2/c1-22-20-35-33(38-32(22)28-21-34-29-11-5-4-10-27(28)29)37-25-15-13-23(14-16-25)18-30(40)24-8-6-9-26(19-24)36-31(41)12-7-17-39(2)3/h4-12,19-21,23,25,34H,13-18H2,1-3H3,(H,36,41)(H,35,37,38)/b12-7+. The lowest BCUT2D eigenvalue weighted by Crippen LogP contribution is -2.28. The Hall–Kier alpha value is -4.30. The Labute approximate surface area is 241 Å². The first-order valence-electron chi connectivity index (χ1n) is 14.3. The van der Waals surface area contributed by atoms with Crippen molar-refractivity contribution in [3.05, 3.63) is 84.2 Å². The van der Waals surface area contributed by atoms with Crippen LogP contribution in [0.5, 0.6) is 0 Å². The van der Waals surface area contributed by atoms with Crippen LogP contribution in [0.2, 0.25) is 0 Å². The van der Waals surface area contributed by atoms with Gasteiger partial charge in [-0.1, -0.05) is 36.4 Å². The van der Waals surface area contributed by atoms with Crippen LogP contribution in [0.15, 0.2) is 73.1 Å². The van der Waals surface area contributed by atoms with Gasteiger partial charge in [0.2, 0.25) is 11.9 Å². The second-order valence-electron chi connectivity index (χ2n) is 11.2. The summed E-state index contributed by atoms with van der Waals surface area (Å²) in [5, 5.41) is 7.54. The Morgan fingerprint density at radius 2 is 1.88 bits per heavy atom. The molecule has 1 aliphatic carbocycles. The number of aromatic nitrogens is 3. The average Bonchev–Trinajstić information content (AvgIpc) is 3.39. The number of likely N-dealkylation sites (N-methyl/N-ethyl adjacent to an activating group) is 1. The van der Waals surface area contributed by atoms with Crippen LogP contribution in [-0.4, -0.2) is 58.2 Å². The van der Waals surface area contributed by atoms with Crippen molar-refractivity contribution in [3.63, 3.8) is 0 Å². The van der Waals surface area contributed by atoms with Crippen molar-refractivity contribution >= 4 is 34.2 Å². The molecular weight excluding hydrogens is 512 g/mol. The number of H-pyrrole nitrogens is 1. The van der Waals surface area contributed by atoms with Gasteiger partial charge in [0.25, 0.3) is 0 Å². The van der Waals surface area contributed by atoms with Gasteiger partial charge in [-0.15, -0.1) is 0 Å². The van der Waals surface area contributed by atoms with Crippen LogP contribution in [0.1, 0.15) is 48.0 Å². The van der Waals surface area contributed by atoms with E-state index in [1.165, 1.54) is 6.08 Å². The third kappa shape index (κ3) is 7.27. The largest absolute Gasteiger partial charge is 0.360 e. The van der Waals surface area contributed by atoms with Crippen molar-refractivity contribution in [2.75, 3.05) is 31.3 Å². The zero-order valence-corrected chi connectivity index (χ0v) is 24.0. The molecule has 1 saturated carbocycles. The number of hydrogen-bond donors (Lipinski definition) is 3. The lowest BCUT2D eigenvalue weighted by molar-refractivity contribution is -0.111. The summed E-state index contributed by atoms with van der Waals surface area (Å²) in [5.74, 6) is 0.901. The SMILES string of the molecule is Cc1cnc(NC2CCC(CC(=O)c3cccc(NC(=O)/C=C/CN(C)C)c3)CC2)nc1-c1c[nH]c2ccccc12. The molecule has 3 N–H and O–H groups in total. The molecule has 0 spiro atoms. The van der Waals surface area contributed by atoms with Crippen molar-refractivity contribution < 1.29 is 9.59 Å². The predicted octanol–water partition coefficient (Wildman–Crippen LogP) is 6.23. The fraction of sp³-hybridized carbons (Fsp3) is 0.333. The molecule has 0 saturated heterocycles. The third-order valence-electron chi connectivity index (χ3n) is 7.66. The molecule has 5 rings (SSSR count). The lowest BCUT2D eigenvalue weighted by Gasteiger charge is -2.29. The highest BCUT2D eigenvalue weighted by Gasteiger charge is 2.24. The summed E-state index contributed by atoms with van der Waals surface area (Å²) >= 11 is 0. The van der Waals surface area contributed by atoms with Crippen molar-refractivity contribution in [2.45, 2.75) is 45.1 Å². The number of carbonyl (C=O) groups is 2. The maximum absolute atomic E-state index is 13.1. The lowest BCUT2D eigenvalue weighted by atomic mass is 9.82. The minimum Gasteiger partial charge on any atom is -0.360 e. The van der Waals surface area contributed by atoms with Gasteiger partial charge in [0.1, 0.15) is 0 Å². The van der Waals surface area contributed by atoms with E-state index in [9.17, 15) is 9.59 Å². The molecule has 0 bridgehead atoms. The van der Waals surface area contributed by atoms with E-state index in [1.54, 1.807) is 6.07 Å². The summed E-state index contributed by atoms with van der Waals surface area (Å²) in [4.78, 5) is 40.0. The number of ketones is 1. The molecule has 2 aromatic carbocycles. The second-order valence-corrected chi connectivity index (χ2v) is 11.2. The minimum atomic E-state index is -0.201. The normalized spacial score (nSPS) is 17.3. The van der Waals surface area contributed by atoms with E-state index in [4.69, 9.17) is 4.98 Å². The van der Waals surface area contributed by atoms with Gasteiger partial charge >= 0.3 is 0 Å².